The molecule has 1 saturated carbocycles. The van der Waals surface area contributed by atoms with Gasteiger partial charge in [-0.05, 0) is 50.3 Å². The van der Waals surface area contributed by atoms with Crippen LogP contribution >= 0.6 is 11.3 Å². The van der Waals surface area contributed by atoms with Crippen LogP contribution in [0.2, 0.25) is 0 Å². The third-order valence-electron chi connectivity index (χ3n) is 5.98. The van der Waals surface area contributed by atoms with E-state index < -0.39 is 18.1 Å². The smallest absolute Gasteiger partial charge is 0.481 e. The number of rotatable bonds is 4. The quantitative estimate of drug-likeness (QED) is 0.490. The summed E-state index contributed by atoms with van der Waals surface area (Å²) in [6, 6.07) is 5.83. The molecule has 4 N–H and O–H groups in total. The molecule has 0 spiro atoms. The lowest BCUT2D eigenvalue weighted by Crippen LogP contribution is -2.38. The number of aryl methyl sites for hydroxylation is 1. The summed E-state index contributed by atoms with van der Waals surface area (Å²) in [6.45, 7) is 3.88. The van der Waals surface area contributed by atoms with Crippen LogP contribution in [0.3, 0.4) is 0 Å². The maximum Gasteiger partial charge on any atom is 0.490 e. The SMILES string of the molecule is Cc1cc(C(=O)N[C@H]2CC[C@H](C(=O)O)CC2)ccc1-c1nc2c(s1)CNCC2.O=C(O)C(F)(F)F. The Balaban J connectivity index is 0.000000429. The summed E-state index contributed by atoms with van der Waals surface area (Å²) < 4.78 is 31.7. The molecular formula is C23H26F3N3O5S. The minimum Gasteiger partial charge on any atom is -0.481 e. The molecule has 1 fully saturated rings. The van der Waals surface area contributed by atoms with Crippen molar-refractivity contribution in [2.45, 2.75) is 57.8 Å². The second kappa shape index (κ2) is 11.2. The maximum absolute atomic E-state index is 12.6. The first-order valence-electron chi connectivity index (χ1n) is 11.1. The highest BCUT2D eigenvalue weighted by molar-refractivity contribution is 7.15. The largest absolute Gasteiger partial charge is 0.490 e. The van der Waals surface area contributed by atoms with E-state index in [2.05, 4.69) is 10.6 Å². The van der Waals surface area contributed by atoms with E-state index in [0.717, 1.165) is 48.5 Å². The number of thiazole rings is 1. The first-order chi connectivity index (χ1) is 16.5. The van der Waals surface area contributed by atoms with E-state index in [1.54, 1.807) is 11.3 Å². The lowest BCUT2D eigenvalue weighted by Gasteiger charge is -2.26. The Morgan fingerprint density at radius 2 is 1.80 bits per heavy atom. The Morgan fingerprint density at radius 3 is 2.34 bits per heavy atom. The average Bonchev–Trinajstić information content (AvgIpc) is 3.23. The number of aromatic nitrogens is 1. The number of hydrogen-bond acceptors (Lipinski definition) is 6. The van der Waals surface area contributed by atoms with Gasteiger partial charge in [0.2, 0.25) is 0 Å². The summed E-state index contributed by atoms with van der Waals surface area (Å²) in [5.74, 6) is -3.84. The monoisotopic (exact) mass is 513 g/mol. The first-order valence-corrected chi connectivity index (χ1v) is 11.9. The third-order valence-corrected chi connectivity index (χ3v) is 7.11. The predicted octanol–water partition coefficient (Wildman–Crippen LogP) is 3.77. The summed E-state index contributed by atoms with van der Waals surface area (Å²) in [6.07, 6.45) is -1.42. The van der Waals surface area contributed by atoms with E-state index >= 15 is 0 Å². The van der Waals surface area contributed by atoms with Crippen molar-refractivity contribution in [2.24, 2.45) is 5.92 Å². The molecule has 4 rings (SSSR count). The topological polar surface area (TPSA) is 129 Å². The normalized spacial score (nSPS) is 19.7. The minimum absolute atomic E-state index is 0.0567. The number of nitrogens with one attached hydrogen (secondary N) is 2. The van der Waals surface area contributed by atoms with Gasteiger partial charge < -0.3 is 20.8 Å². The lowest BCUT2D eigenvalue weighted by atomic mass is 9.86. The molecular weight excluding hydrogens is 487 g/mol. The Labute approximate surface area is 203 Å². The zero-order chi connectivity index (χ0) is 25.8. The number of aliphatic carboxylic acids is 2. The van der Waals surface area contributed by atoms with Crippen LogP contribution in [-0.2, 0) is 22.6 Å². The molecule has 0 radical (unpaired) electrons. The number of fused-ring (bicyclic) bond motifs is 1. The van der Waals surface area contributed by atoms with E-state index in [9.17, 15) is 22.8 Å². The predicted molar refractivity (Wildman–Crippen MR) is 122 cm³/mol. The highest BCUT2D eigenvalue weighted by Crippen LogP contribution is 2.32. The number of amides is 1. The molecule has 1 aromatic carbocycles. The second-order valence-corrected chi connectivity index (χ2v) is 9.59. The van der Waals surface area contributed by atoms with Crippen LogP contribution in [-0.4, -0.2) is 51.8 Å². The molecule has 1 amide bonds. The van der Waals surface area contributed by atoms with Gasteiger partial charge in [0.15, 0.2) is 0 Å². The fraction of sp³-hybridized carbons (Fsp3) is 0.478. The Morgan fingerprint density at radius 1 is 1.14 bits per heavy atom. The van der Waals surface area contributed by atoms with Crippen LogP contribution in [0.25, 0.3) is 10.6 Å². The summed E-state index contributed by atoms with van der Waals surface area (Å²) in [5.41, 5.74) is 3.96. The van der Waals surface area contributed by atoms with Crippen molar-refractivity contribution in [3.8, 4) is 10.6 Å². The molecule has 35 heavy (non-hydrogen) atoms. The van der Waals surface area contributed by atoms with E-state index in [4.69, 9.17) is 20.0 Å². The molecule has 0 unspecified atom stereocenters. The molecule has 1 aliphatic heterocycles. The van der Waals surface area contributed by atoms with Crippen LogP contribution in [0.1, 0.15) is 52.2 Å². The molecule has 190 valence electrons. The van der Waals surface area contributed by atoms with Crippen molar-refractivity contribution < 1.29 is 37.8 Å². The summed E-state index contributed by atoms with van der Waals surface area (Å²) in [4.78, 5) is 38.7. The second-order valence-electron chi connectivity index (χ2n) is 8.51. The van der Waals surface area contributed by atoms with Crippen molar-refractivity contribution in [1.82, 2.24) is 15.6 Å². The summed E-state index contributed by atoms with van der Waals surface area (Å²) in [5, 5.41) is 23.7. The number of carbonyl (C=O) groups is 3. The molecule has 1 aromatic heterocycles. The lowest BCUT2D eigenvalue weighted by molar-refractivity contribution is -0.192. The van der Waals surface area contributed by atoms with Gasteiger partial charge >= 0.3 is 18.1 Å². The maximum atomic E-state index is 12.6. The van der Waals surface area contributed by atoms with E-state index in [1.165, 1.54) is 10.6 Å². The zero-order valence-electron chi connectivity index (χ0n) is 18.9. The molecule has 0 bridgehead atoms. The number of alkyl halides is 3. The van der Waals surface area contributed by atoms with Gasteiger partial charge in [-0.2, -0.15) is 13.2 Å². The molecule has 0 atom stereocenters. The minimum atomic E-state index is -5.08. The fourth-order valence-electron chi connectivity index (χ4n) is 4.04. The highest BCUT2D eigenvalue weighted by atomic mass is 32.1. The molecule has 2 heterocycles. The van der Waals surface area contributed by atoms with E-state index in [-0.39, 0.29) is 17.9 Å². The molecule has 8 nitrogen and oxygen atoms in total. The molecule has 0 saturated heterocycles. The van der Waals surface area contributed by atoms with Gasteiger partial charge in [-0.1, -0.05) is 6.07 Å². The number of halogens is 3. The van der Waals surface area contributed by atoms with Crippen molar-refractivity contribution in [3.63, 3.8) is 0 Å². The van der Waals surface area contributed by atoms with Gasteiger partial charge in [-0.15, -0.1) is 11.3 Å². The Kier molecular flexibility index (Phi) is 8.49. The van der Waals surface area contributed by atoms with Crippen molar-refractivity contribution in [1.29, 1.82) is 0 Å². The zero-order valence-corrected chi connectivity index (χ0v) is 19.8. The van der Waals surface area contributed by atoms with E-state index in [1.807, 2.05) is 25.1 Å². The molecule has 12 heteroatoms. The summed E-state index contributed by atoms with van der Waals surface area (Å²) >= 11 is 1.73. The van der Waals surface area contributed by atoms with Crippen molar-refractivity contribution in [3.05, 3.63) is 39.9 Å². The molecule has 1 aliphatic carbocycles. The Bertz CT molecular complexity index is 1070. The fourth-order valence-corrected chi connectivity index (χ4v) is 5.21. The number of carboxylic acid groups (broad SMARTS) is 2. The van der Waals surface area contributed by atoms with Crippen molar-refractivity contribution >= 4 is 29.2 Å². The van der Waals surface area contributed by atoms with Crippen LogP contribution in [0.15, 0.2) is 18.2 Å². The molecule has 2 aromatic rings. The van der Waals surface area contributed by atoms with Crippen molar-refractivity contribution in [2.75, 3.05) is 6.54 Å². The van der Waals surface area contributed by atoms with Gasteiger partial charge in [-0.3, -0.25) is 9.59 Å². The van der Waals surface area contributed by atoms with Crippen LogP contribution in [0, 0.1) is 12.8 Å². The van der Waals surface area contributed by atoms with Crippen LogP contribution < -0.4 is 10.6 Å². The first kappa shape index (κ1) is 26.6. The highest BCUT2D eigenvalue weighted by Gasteiger charge is 2.38. The average molecular weight is 514 g/mol. The van der Waals surface area contributed by atoms with Gasteiger partial charge in [-0.25, -0.2) is 9.78 Å². The Hall–Kier alpha value is -2.99. The van der Waals surface area contributed by atoms with Crippen LogP contribution in [0.4, 0.5) is 13.2 Å². The number of nitrogens with zero attached hydrogens (tertiary/aromatic N) is 1. The molecule has 2 aliphatic rings. The number of carboxylic acids is 2. The number of carbonyl (C=O) groups excluding carboxylic acids is 1. The third kappa shape index (κ3) is 7.01. The van der Waals surface area contributed by atoms with Gasteiger partial charge in [0.1, 0.15) is 5.01 Å². The number of hydrogen-bond donors (Lipinski definition) is 4. The van der Waals surface area contributed by atoms with Gasteiger partial charge in [0.05, 0.1) is 11.6 Å². The van der Waals surface area contributed by atoms with Gasteiger partial charge in [0, 0.05) is 41.6 Å². The van der Waals surface area contributed by atoms with Gasteiger partial charge in [0.25, 0.3) is 5.91 Å². The van der Waals surface area contributed by atoms with E-state index in [0.29, 0.717) is 18.4 Å². The standard InChI is InChI=1S/C21H25N3O3S.C2HF3O2/c1-12-10-14(19(25)23-15-5-2-13(3-6-15)21(26)27)4-7-16(12)20-24-17-8-9-22-11-18(17)28-20;3-2(4,5)1(6)7/h4,7,10,13,15,22H,2-3,5-6,8-9,11H2,1H3,(H,23,25)(H,26,27);(H,6,7)/t13-,15-;. The number of benzene rings is 1. The summed E-state index contributed by atoms with van der Waals surface area (Å²) in [7, 11) is 0. The van der Waals surface area contributed by atoms with Crippen LogP contribution in [0.5, 0.6) is 0 Å².